The Morgan fingerprint density at radius 3 is 2.72 bits per heavy atom. The van der Waals surface area contributed by atoms with Gasteiger partial charge in [-0.3, -0.25) is 9.89 Å². The molecule has 1 unspecified atom stereocenters. The lowest BCUT2D eigenvalue weighted by Crippen LogP contribution is -2.32. The fraction of sp³-hybridized carbons (Fsp3) is 0.667. The summed E-state index contributed by atoms with van der Waals surface area (Å²) in [5.74, 6) is -0.0146. The average molecular weight is 318 g/mol. The number of aromatic amines is 1. The van der Waals surface area contributed by atoms with Crippen molar-refractivity contribution in [2.24, 2.45) is 0 Å². The molecule has 0 aliphatic carbocycles. The molecule has 1 aromatic heterocycles. The van der Waals surface area contributed by atoms with Gasteiger partial charge in [-0.2, -0.15) is 5.10 Å². The van der Waals surface area contributed by atoms with E-state index in [1.165, 1.54) is 0 Å². The van der Waals surface area contributed by atoms with Crippen LogP contribution >= 0.6 is 15.9 Å². The third-order valence-electron chi connectivity index (χ3n) is 2.65. The number of aliphatic hydroxyl groups excluding tert-OH is 1. The summed E-state index contributed by atoms with van der Waals surface area (Å²) >= 11 is 3.37. The standard InChI is InChI=1S/C12H20BrN3O2/c1-4-5-8(17)6-14-12(18)11-9(13)10(7(2)3)15-16-11/h7-8,17H,4-6H2,1-3H3,(H,14,18)(H,15,16). The van der Waals surface area contributed by atoms with E-state index < -0.39 is 6.10 Å². The largest absolute Gasteiger partial charge is 0.391 e. The maximum absolute atomic E-state index is 11.9. The van der Waals surface area contributed by atoms with E-state index in [4.69, 9.17) is 0 Å². The van der Waals surface area contributed by atoms with Crippen LogP contribution in [0.25, 0.3) is 0 Å². The van der Waals surface area contributed by atoms with Crippen LogP contribution in [0.2, 0.25) is 0 Å². The Labute approximate surface area is 115 Å². The van der Waals surface area contributed by atoms with Crippen LogP contribution in [0.3, 0.4) is 0 Å². The number of nitrogens with one attached hydrogen (secondary N) is 2. The molecule has 0 aliphatic heterocycles. The number of aromatic nitrogens is 2. The summed E-state index contributed by atoms with van der Waals surface area (Å²) in [5.41, 5.74) is 1.23. The number of carbonyl (C=O) groups is 1. The summed E-state index contributed by atoms with van der Waals surface area (Å²) < 4.78 is 0.694. The van der Waals surface area contributed by atoms with Gasteiger partial charge in [-0.25, -0.2) is 0 Å². The van der Waals surface area contributed by atoms with Gasteiger partial charge in [-0.15, -0.1) is 0 Å². The topological polar surface area (TPSA) is 78.0 Å². The van der Waals surface area contributed by atoms with Crippen LogP contribution in [0.15, 0.2) is 4.47 Å². The van der Waals surface area contributed by atoms with Gasteiger partial charge in [0, 0.05) is 6.54 Å². The number of carbonyl (C=O) groups excluding carboxylic acids is 1. The van der Waals surface area contributed by atoms with Gasteiger partial charge in [-0.1, -0.05) is 27.2 Å². The van der Waals surface area contributed by atoms with E-state index in [9.17, 15) is 9.90 Å². The highest BCUT2D eigenvalue weighted by Gasteiger charge is 2.19. The number of rotatable bonds is 6. The van der Waals surface area contributed by atoms with Crippen LogP contribution in [0.1, 0.15) is 55.7 Å². The van der Waals surface area contributed by atoms with Gasteiger partial charge in [0.1, 0.15) is 0 Å². The number of aliphatic hydroxyl groups is 1. The zero-order valence-electron chi connectivity index (χ0n) is 11.0. The van der Waals surface area contributed by atoms with Crippen molar-refractivity contribution in [3.05, 3.63) is 15.9 Å². The van der Waals surface area contributed by atoms with E-state index >= 15 is 0 Å². The Balaban J connectivity index is 2.62. The molecule has 0 bridgehead atoms. The summed E-state index contributed by atoms with van der Waals surface area (Å²) in [5, 5.41) is 19.1. The molecule has 1 atom stereocenters. The highest BCUT2D eigenvalue weighted by molar-refractivity contribution is 9.10. The molecule has 1 heterocycles. The highest BCUT2D eigenvalue weighted by atomic mass is 79.9. The minimum atomic E-state index is -0.499. The third-order valence-corrected chi connectivity index (χ3v) is 3.45. The second kappa shape index (κ2) is 6.89. The van der Waals surface area contributed by atoms with Crippen LogP contribution < -0.4 is 5.32 Å². The van der Waals surface area contributed by atoms with Crippen molar-refractivity contribution in [2.75, 3.05) is 6.54 Å². The van der Waals surface area contributed by atoms with Crippen molar-refractivity contribution in [3.8, 4) is 0 Å². The molecule has 0 radical (unpaired) electrons. The minimum Gasteiger partial charge on any atom is -0.391 e. The summed E-state index contributed by atoms with van der Waals surface area (Å²) in [7, 11) is 0. The zero-order valence-corrected chi connectivity index (χ0v) is 12.5. The highest BCUT2D eigenvalue weighted by Crippen LogP contribution is 2.25. The first kappa shape index (κ1) is 15.2. The van der Waals surface area contributed by atoms with Crippen LogP contribution in [-0.2, 0) is 0 Å². The van der Waals surface area contributed by atoms with Crippen molar-refractivity contribution in [3.63, 3.8) is 0 Å². The number of amides is 1. The number of nitrogens with zero attached hydrogens (tertiary/aromatic N) is 1. The first-order valence-electron chi connectivity index (χ1n) is 6.17. The van der Waals surface area contributed by atoms with Crippen molar-refractivity contribution < 1.29 is 9.90 Å². The number of hydrogen-bond acceptors (Lipinski definition) is 3. The van der Waals surface area contributed by atoms with Gasteiger partial charge >= 0.3 is 0 Å². The lowest BCUT2D eigenvalue weighted by molar-refractivity contribution is 0.0904. The molecule has 0 saturated heterocycles. The summed E-state index contributed by atoms with van der Waals surface area (Å²) in [6.45, 7) is 6.28. The maximum atomic E-state index is 11.9. The number of hydrogen-bond donors (Lipinski definition) is 3. The summed E-state index contributed by atoms with van der Waals surface area (Å²) in [6.07, 6.45) is 1.07. The van der Waals surface area contributed by atoms with Crippen molar-refractivity contribution in [1.82, 2.24) is 15.5 Å². The second-order valence-corrected chi connectivity index (χ2v) is 5.40. The van der Waals surface area contributed by atoms with Gasteiger partial charge in [0.15, 0.2) is 5.69 Å². The lowest BCUT2D eigenvalue weighted by atomic mass is 10.1. The molecule has 0 saturated carbocycles. The van der Waals surface area contributed by atoms with Crippen LogP contribution in [0.4, 0.5) is 0 Å². The summed E-state index contributed by atoms with van der Waals surface area (Å²) in [6, 6.07) is 0. The first-order valence-corrected chi connectivity index (χ1v) is 6.96. The normalized spacial score (nSPS) is 12.8. The molecule has 102 valence electrons. The Morgan fingerprint density at radius 2 is 2.22 bits per heavy atom. The Morgan fingerprint density at radius 1 is 1.56 bits per heavy atom. The SMILES string of the molecule is CCCC(O)CNC(=O)c1n[nH]c(C(C)C)c1Br. The zero-order chi connectivity index (χ0) is 13.7. The molecule has 6 heteroatoms. The molecular weight excluding hydrogens is 298 g/mol. The minimum absolute atomic E-state index is 0.253. The predicted molar refractivity (Wildman–Crippen MR) is 73.6 cm³/mol. The van der Waals surface area contributed by atoms with E-state index in [1.807, 2.05) is 20.8 Å². The molecule has 18 heavy (non-hydrogen) atoms. The van der Waals surface area contributed by atoms with Crippen molar-refractivity contribution in [1.29, 1.82) is 0 Å². The molecule has 5 nitrogen and oxygen atoms in total. The van der Waals surface area contributed by atoms with Crippen molar-refractivity contribution in [2.45, 2.75) is 45.6 Å². The van der Waals surface area contributed by atoms with E-state index in [0.717, 1.165) is 12.1 Å². The molecule has 0 fully saturated rings. The van der Waals surface area contributed by atoms with E-state index in [2.05, 4.69) is 31.4 Å². The molecular formula is C12H20BrN3O2. The molecule has 3 N–H and O–H groups in total. The Bertz CT molecular complexity index is 404. The average Bonchev–Trinajstić information content (AvgIpc) is 2.68. The quantitative estimate of drug-likeness (QED) is 0.752. The first-order chi connectivity index (χ1) is 8.47. The van der Waals surface area contributed by atoms with Crippen LogP contribution in [0, 0.1) is 0 Å². The molecule has 0 aliphatic rings. The lowest BCUT2D eigenvalue weighted by Gasteiger charge is -2.09. The Kier molecular flexibility index (Phi) is 5.81. The van der Waals surface area contributed by atoms with Gasteiger partial charge < -0.3 is 10.4 Å². The molecule has 1 rings (SSSR count). The molecule has 1 aromatic rings. The smallest absolute Gasteiger partial charge is 0.273 e. The number of H-pyrrole nitrogens is 1. The van der Waals surface area contributed by atoms with E-state index in [-0.39, 0.29) is 18.4 Å². The molecule has 1 amide bonds. The fourth-order valence-corrected chi connectivity index (χ4v) is 2.42. The summed E-state index contributed by atoms with van der Waals surface area (Å²) in [4.78, 5) is 11.9. The molecule has 0 spiro atoms. The van der Waals surface area contributed by atoms with E-state index in [0.29, 0.717) is 16.6 Å². The van der Waals surface area contributed by atoms with Gasteiger partial charge in [-0.05, 0) is 28.3 Å². The van der Waals surface area contributed by atoms with Gasteiger partial charge in [0.2, 0.25) is 0 Å². The molecule has 0 aromatic carbocycles. The third kappa shape index (κ3) is 3.81. The van der Waals surface area contributed by atoms with Gasteiger partial charge in [0.05, 0.1) is 16.3 Å². The van der Waals surface area contributed by atoms with Crippen LogP contribution in [0.5, 0.6) is 0 Å². The monoisotopic (exact) mass is 317 g/mol. The fourth-order valence-electron chi connectivity index (χ4n) is 1.60. The van der Waals surface area contributed by atoms with Crippen molar-refractivity contribution >= 4 is 21.8 Å². The second-order valence-electron chi connectivity index (χ2n) is 4.61. The van der Waals surface area contributed by atoms with Crippen LogP contribution in [-0.4, -0.2) is 33.9 Å². The Hall–Kier alpha value is -0.880. The maximum Gasteiger partial charge on any atom is 0.273 e. The predicted octanol–water partition coefficient (Wildman–Crippen LogP) is 2.19. The van der Waals surface area contributed by atoms with E-state index in [1.54, 1.807) is 0 Å². The number of halogens is 1. The van der Waals surface area contributed by atoms with Gasteiger partial charge in [0.25, 0.3) is 5.91 Å².